The Kier molecular flexibility index (Phi) is 6.35. The maximum atomic E-state index is 12.1. The van der Waals surface area contributed by atoms with Gasteiger partial charge in [-0.15, -0.1) is 0 Å². The third-order valence-corrected chi connectivity index (χ3v) is 3.02. The van der Waals surface area contributed by atoms with E-state index in [0.29, 0.717) is 31.7 Å². The second-order valence-corrected chi connectivity index (χ2v) is 4.68. The number of nitrogens with two attached hydrogens (primary N) is 1. The maximum absolute atomic E-state index is 12.1. The van der Waals surface area contributed by atoms with Crippen molar-refractivity contribution in [2.45, 2.75) is 13.0 Å². The highest BCUT2D eigenvalue weighted by molar-refractivity contribution is 5.98. The van der Waals surface area contributed by atoms with E-state index in [0.717, 1.165) is 11.3 Å². The molecule has 0 bridgehead atoms. The zero-order valence-corrected chi connectivity index (χ0v) is 12.3. The number of aromatic nitrogens is 1. The topological polar surface area (TPSA) is 89.3 Å². The molecule has 1 amide bonds. The van der Waals surface area contributed by atoms with E-state index in [1.165, 1.54) is 0 Å². The van der Waals surface area contributed by atoms with Crippen LogP contribution in [-0.2, 0) is 11.4 Å². The molecule has 1 aromatic carbocycles. The highest BCUT2D eigenvalue weighted by atomic mass is 16.6. The lowest BCUT2D eigenvalue weighted by Crippen LogP contribution is -2.25. The normalized spacial score (nSPS) is 10.2. The molecule has 4 N–H and O–H groups in total. The van der Waals surface area contributed by atoms with E-state index in [-0.39, 0.29) is 5.91 Å². The van der Waals surface area contributed by atoms with Gasteiger partial charge in [0.1, 0.15) is 0 Å². The molecule has 6 nitrogen and oxygen atoms in total. The van der Waals surface area contributed by atoms with Crippen LogP contribution in [0.1, 0.15) is 22.3 Å². The predicted molar refractivity (Wildman–Crippen MR) is 85.1 cm³/mol. The Morgan fingerprint density at radius 3 is 2.73 bits per heavy atom. The van der Waals surface area contributed by atoms with Gasteiger partial charge in [-0.1, -0.05) is 12.1 Å². The minimum Gasteiger partial charge on any atom is -0.380 e. The van der Waals surface area contributed by atoms with Gasteiger partial charge in [-0.05, 0) is 42.8 Å². The first kappa shape index (κ1) is 15.9. The Labute approximate surface area is 129 Å². The summed E-state index contributed by atoms with van der Waals surface area (Å²) in [5, 5.41) is 3.25. The van der Waals surface area contributed by atoms with E-state index in [1.807, 2.05) is 30.3 Å². The molecule has 22 heavy (non-hydrogen) atoms. The Hall–Kier alpha value is -2.44. The Morgan fingerprint density at radius 1 is 1.18 bits per heavy atom. The van der Waals surface area contributed by atoms with Gasteiger partial charge in [-0.25, -0.2) is 5.48 Å². The lowest BCUT2D eigenvalue weighted by atomic mass is 10.1. The van der Waals surface area contributed by atoms with Crippen LogP contribution < -0.4 is 16.5 Å². The molecule has 116 valence electrons. The smallest absolute Gasteiger partial charge is 0.276 e. The molecule has 0 aliphatic heterocycles. The van der Waals surface area contributed by atoms with E-state index in [2.05, 4.69) is 15.8 Å². The van der Waals surface area contributed by atoms with Crippen LogP contribution in [0.25, 0.3) is 0 Å². The van der Waals surface area contributed by atoms with E-state index in [4.69, 9.17) is 10.6 Å². The molecule has 1 aromatic heterocycles. The van der Waals surface area contributed by atoms with E-state index in [1.54, 1.807) is 18.5 Å². The number of rotatable bonds is 8. The molecule has 2 aromatic rings. The van der Waals surface area contributed by atoms with Crippen molar-refractivity contribution >= 4 is 11.6 Å². The first-order chi connectivity index (χ1) is 10.8. The fourth-order valence-electron chi connectivity index (χ4n) is 1.86. The van der Waals surface area contributed by atoms with Crippen LogP contribution in [0, 0.1) is 0 Å². The van der Waals surface area contributed by atoms with Crippen LogP contribution in [0.2, 0.25) is 0 Å². The Morgan fingerprint density at radius 2 is 1.95 bits per heavy atom. The summed E-state index contributed by atoms with van der Waals surface area (Å²) in [5.41, 5.74) is 10.2. The largest absolute Gasteiger partial charge is 0.380 e. The molecule has 0 saturated carbocycles. The zero-order valence-electron chi connectivity index (χ0n) is 12.3. The van der Waals surface area contributed by atoms with Crippen LogP contribution in [0.4, 0.5) is 5.69 Å². The number of pyridine rings is 1. The number of nitrogens with zero attached hydrogens (tertiary/aromatic N) is 1. The molecule has 1 heterocycles. The van der Waals surface area contributed by atoms with Crippen LogP contribution in [0.15, 0.2) is 48.8 Å². The second kappa shape index (κ2) is 8.76. The molecule has 0 spiro atoms. The van der Waals surface area contributed by atoms with Crippen molar-refractivity contribution in [2.24, 2.45) is 5.73 Å². The Balaban J connectivity index is 1.95. The molecular weight excluding hydrogens is 280 g/mol. The number of hydrogen-bond acceptors (Lipinski definition) is 5. The summed E-state index contributed by atoms with van der Waals surface area (Å²) in [5.74, 6) is -0.283. The van der Waals surface area contributed by atoms with Gasteiger partial charge in [0.2, 0.25) is 0 Å². The molecule has 0 saturated heterocycles. The third kappa shape index (κ3) is 4.83. The average molecular weight is 300 g/mol. The van der Waals surface area contributed by atoms with Crippen molar-refractivity contribution in [2.75, 3.05) is 18.5 Å². The maximum Gasteiger partial charge on any atom is 0.276 e. The lowest BCUT2D eigenvalue weighted by Gasteiger charge is -2.12. The molecule has 0 aliphatic carbocycles. The fourth-order valence-corrected chi connectivity index (χ4v) is 1.86. The van der Waals surface area contributed by atoms with Gasteiger partial charge in [0.05, 0.1) is 12.2 Å². The van der Waals surface area contributed by atoms with Crippen molar-refractivity contribution in [1.82, 2.24) is 10.5 Å². The summed E-state index contributed by atoms with van der Waals surface area (Å²) in [7, 11) is 0. The molecule has 2 rings (SSSR count). The van der Waals surface area contributed by atoms with E-state index in [9.17, 15) is 4.79 Å². The van der Waals surface area contributed by atoms with Gasteiger partial charge < -0.3 is 11.1 Å². The molecule has 0 aliphatic rings. The number of hydroxylamine groups is 1. The molecule has 6 heteroatoms. The van der Waals surface area contributed by atoms with Gasteiger partial charge in [0.15, 0.2) is 0 Å². The number of carbonyl (C=O) groups is 1. The lowest BCUT2D eigenvalue weighted by molar-refractivity contribution is 0.0310. The van der Waals surface area contributed by atoms with Crippen LogP contribution in [0.3, 0.4) is 0 Å². The number of amides is 1. The summed E-state index contributed by atoms with van der Waals surface area (Å²) in [4.78, 5) is 21.2. The summed E-state index contributed by atoms with van der Waals surface area (Å²) >= 11 is 0. The summed E-state index contributed by atoms with van der Waals surface area (Å²) in [6.45, 7) is 1.54. The van der Waals surface area contributed by atoms with Gasteiger partial charge in [-0.2, -0.15) is 0 Å². The number of carbonyl (C=O) groups excluding carboxylic acids is 1. The summed E-state index contributed by atoms with van der Waals surface area (Å²) in [6, 6.07) is 11.1. The van der Waals surface area contributed by atoms with Gasteiger partial charge in [0, 0.05) is 24.6 Å². The minimum absolute atomic E-state index is 0.283. The van der Waals surface area contributed by atoms with E-state index < -0.39 is 0 Å². The monoisotopic (exact) mass is 300 g/mol. The van der Waals surface area contributed by atoms with Crippen LogP contribution >= 0.6 is 0 Å². The van der Waals surface area contributed by atoms with E-state index >= 15 is 0 Å². The van der Waals surface area contributed by atoms with Gasteiger partial charge >= 0.3 is 0 Å². The summed E-state index contributed by atoms with van der Waals surface area (Å²) < 4.78 is 0. The quantitative estimate of drug-likeness (QED) is 0.510. The van der Waals surface area contributed by atoms with Crippen LogP contribution in [0.5, 0.6) is 0 Å². The van der Waals surface area contributed by atoms with Crippen molar-refractivity contribution in [3.05, 3.63) is 59.9 Å². The molecular formula is C16H20N4O2. The Bertz CT molecular complexity index is 590. The fraction of sp³-hybridized carbons (Fsp3) is 0.250. The first-order valence-electron chi connectivity index (χ1n) is 7.15. The molecule has 0 radical (unpaired) electrons. The van der Waals surface area contributed by atoms with Crippen molar-refractivity contribution in [3.8, 4) is 0 Å². The average Bonchev–Trinajstić information content (AvgIpc) is 2.58. The molecule has 0 fully saturated rings. The summed E-state index contributed by atoms with van der Waals surface area (Å²) in [6.07, 6.45) is 4.17. The predicted octanol–water partition coefficient (Wildman–Crippen LogP) is 1.70. The standard InChI is InChI=1S/C16H20N4O2/c17-8-3-11-22-20-16(21)14-4-1-2-5-15(14)19-12-13-6-9-18-10-7-13/h1-2,4-7,9-10,19H,3,8,11-12,17H2,(H,20,21). The van der Waals surface area contributed by atoms with Crippen molar-refractivity contribution < 1.29 is 9.63 Å². The number of nitrogens with one attached hydrogen (secondary N) is 2. The number of anilines is 1. The van der Waals surface area contributed by atoms with Crippen LogP contribution in [-0.4, -0.2) is 24.0 Å². The van der Waals surface area contributed by atoms with Crippen molar-refractivity contribution in [1.29, 1.82) is 0 Å². The highest BCUT2D eigenvalue weighted by Crippen LogP contribution is 2.16. The number of hydrogen-bond donors (Lipinski definition) is 3. The zero-order chi connectivity index (χ0) is 15.6. The number of para-hydroxylation sites is 1. The third-order valence-electron chi connectivity index (χ3n) is 3.02. The second-order valence-electron chi connectivity index (χ2n) is 4.68. The minimum atomic E-state index is -0.283. The van der Waals surface area contributed by atoms with Crippen molar-refractivity contribution in [3.63, 3.8) is 0 Å². The molecule has 0 unspecified atom stereocenters. The van der Waals surface area contributed by atoms with Gasteiger partial charge in [-0.3, -0.25) is 14.6 Å². The number of benzene rings is 1. The van der Waals surface area contributed by atoms with Gasteiger partial charge in [0.25, 0.3) is 5.91 Å². The molecule has 0 atom stereocenters. The first-order valence-corrected chi connectivity index (χ1v) is 7.15. The SMILES string of the molecule is NCCCONC(=O)c1ccccc1NCc1ccncc1. The highest BCUT2D eigenvalue weighted by Gasteiger charge is 2.10.